The second-order valence-electron chi connectivity index (χ2n) is 4.92. The summed E-state index contributed by atoms with van der Waals surface area (Å²) in [5, 5.41) is 9.72. The molecule has 0 unspecified atom stereocenters. The summed E-state index contributed by atoms with van der Waals surface area (Å²) in [6.07, 6.45) is 8.01. The van der Waals surface area contributed by atoms with E-state index in [1.807, 2.05) is 26.2 Å². The van der Waals surface area contributed by atoms with E-state index < -0.39 is 0 Å². The quantitative estimate of drug-likeness (QED) is 0.801. The molecule has 1 aromatic carbocycles. The van der Waals surface area contributed by atoms with Crippen LogP contribution < -0.4 is 0 Å². The zero-order valence-electron chi connectivity index (χ0n) is 11.1. The van der Waals surface area contributed by atoms with E-state index in [0.717, 1.165) is 30.4 Å². The minimum Gasteiger partial charge on any atom is -0.507 e. The molecule has 0 aliphatic rings. The Kier molecular flexibility index (Phi) is 4.08. The van der Waals surface area contributed by atoms with E-state index in [1.165, 1.54) is 17.5 Å². The molecule has 0 saturated carbocycles. The molecule has 96 valence electrons. The van der Waals surface area contributed by atoms with Gasteiger partial charge in [-0.3, -0.25) is 0 Å². The van der Waals surface area contributed by atoms with Crippen LogP contribution in [0.3, 0.4) is 0 Å². The molecule has 2 nitrogen and oxygen atoms in total. The third-order valence-corrected chi connectivity index (χ3v) is 3.31. The minimum absolute atomic E-state index is 0.428. The van der Waals surface area contributed by atoms with Gasteiger partial charge in [-0.25, -0.2) is 0 Å². The molecule has 0 fully saturated rings. The smallest absolute Gasteiger partial charge is 0.121 e. The summed E-state index contributed by atoms with van der Waals surface area (Å²) in [6, 6.07) is 6.19. The van der Waals surface area contributed by atoms with Gasteiger partial charge in [0, 0.05) is 0 Å². The van der Waals surface area contributed by atoms with Gasteiger partial charge in [0.15, 0.2) is 0 Å². The maximum absolute atomic E-state index is 9.72. The molecule has 0 saturated heterocycles. The van der Waals surface area contributed by atoms with Crippen LogP contribution in [0.1, 0.15) is 35.1 Å². The highest BCUT2D eigenvalue weighted by atomic mass is 16.3. The fourth-order valence-electron chi connectivity index (χ4n) is 2.28. The van der Waals surface area contributed by atoms with Crippen LogP contribution in [0.15, 0.2) is 35.1 Å². The molecule has 1 aromatic heterocycles. The second kappa shape index (κ2) is 5.76. The number of aromatic hydroxyl groups is 1. The lowest BCUT2D eigenvalue weighted by Crippen LogP contribution is -1.91. The van der Waals surface area contributed by atoms with E-state index in [4.69, 9.17) is 4.42 Å². The van der Waals surface area contributed by atoms with Crippen molar-refractivity contribution in [2.75, 3.05) is 0 Å². The molecule has 0 atom stereocenters. The van der Waals surface area contributed by atoms with Crippen molar-refractivity contribution in [3.05, 3.63) is 53.0 Å². The summed E-state index contributed by atoms with van der Waals surface area (Å²) in [4.78, 5) is 0. The Morgan fingerprint density at radius 1 is 1.00 bits per heavy atom. The molecular weight excluding hydrogens is 224 g/mol. The Balaban J connectivity index is 1.83. The lowest BCUT2D eigenvalue weighted by molar-refractivity contribution is 0.466. The average molecular weight is 244 g/mol. The van der Waals surface area contributed by atoms with Crippen molar-refractivity contribution >= 4 is 0 Å². The molecule has 1 heterocycles. The third-order valence-electron chi connectivity index (χ3n) is 3.31. The van der Waals surface area contributed by atoms with Crippen LogP contribution in [0, 0.1) is 13.8 Å². The predicted octanol–water partition coefficient (Wildman–Crippen LogP) is 4.17. The first-order valence-corrected chi connectivity index (χ1v) is 6.47. The number of phenols is 1. The molecule has 0 bridgehead atoms. The molecule has 2 rings (SSSR count). The van der Waals surface area contributed by atoms with E-state index in [2.05, 4.69) is 12.1 Å². The van der Waals surface area contributed by atoms with Gasteiger partial charge in [0.05, 0.1) is 12.5 Å². The second-order valence-corrected chi connectivity index (χ2v) is 4.92. The van der Waals surface area contributed by atoms with Crippen LogP contribution in [-0.2, 0) is 12.8 Å². The van der Waals surface area contributed by atoms with Gasteiger partial charge in [-0.2, -0.15) is 0 Å². The van der Waals surface area contributed by atoms with Crippen molar-refractivity contribution in [1.29, 1.82) is 0 Å². The highest BCUT2D eigenvalue weighted by Crippen LogP contribution is 2.23. The molecule has 1 N–H and O–H groups in total. The fraction of sp³-hybridized carbons (Fsp3) is 0.375. The summed E-state index contributed by atoms with van der Waals surface area (Å²) in [7, 11) is 0. The highest BCUT2D eigenvalue weighted by Gasteiger charge is 2.03. The zero-order valence-corrected chi connectivity index (χ0v) is 11.1. The van der Waals surface area contributed by atoms with Crippen LogP contribution in [0.5, 0.6) is 5.75 Å². The lowest BCUT2D eigenvalue weighted by Gasteiger charge is -2.07. The molecule has 2 heteroatoms. The van der Waals surface area contributed by atoms with Crippen LogP contribution >= 0.6 is 0 Å². The molecule has 0 radical (unpaired) electrons. The number of rotatable bonds is 5. The Labute approximate surface area is 108 Å². The standard InChI is InChI=1S/C16H20O2/c1-12-9-15(10-13(2)16(12)17)6-4-3-5-14-7-8-18-11-14/h7-11,17H,3-6H2,1-2H3. The number of furan rings is 1. The molecule has 0 aliphatic carbocycles. The average Bonchev–Trinajstić information content (AvgIpc) is 2.84. The van der Waals surface area contributed by atoms with Crippen molar-refractivity contribution in [3.8, 4) is 5.75 Å². The summed E-state index contributed by atoms with van der Waals surface area (Å²) >= 11 is 0. The SMILES string of the molecule is Cc1cc(CCCCc2ccoc2)cc(C)c1O. The van der Waals surface area contributed by atoms with Crippen molar-refractivity contribution in [3.63, 3.8) is 0 Å². The van der Waals surface area contributed by atoms with Crippen LogP contribution in [0.4, 0.5) is 0 Å². The first kappa shape index (κ1) is 12.7. The van der Waals surface area contributed by atoms with E-state index >= 15 is 0 Å². The van der Waals surface area contributed by atoms with Gasteiger partial charge in [-0.05, 0) is 67.9 Å². The fourth-order valence-corrected chi connectivity index (χ4v) is 2.28. The molecule has 0 amide bonds. The van der Waals surface area contributed by atoms with Crippen LogP contribution in [-0.4, -0.2) is 5.11 Å². The van der Waals surface area contributed by atoms with Gasteiger partial charge >= 0.3 is 0 Å². The lowest BCUT2D eigenvalue weighted by atomic mass is 10.0. The van der Waals surface area contributed by atoms with E-state index in [-0.39, 0.29) is 0 Å². The van der Waals surface area contributed by atoms with Gasteiger partial charge in [0.25, 0.3) is 0 Å². The highest BCUT2D eigenvalue weighted by molar-refractivity contribution is 5.42. The monoisotopic (exact) mass is 244 g/mol. The van der Waals surface area contributed by atoms with Gasteiger partial charge in [0.1, 0.15) is 5.75 Å². The molecule has 0 aliphatic heterocycles. The molecule has 18 heavy (non-hydrogen) atoms. The topological polar surface area (TPSA) is 33.4 Å². The normalized spacial score (nSPS) is 10.8. The maximum Gasteiger partial charge on any atom is 0.121 e. The van der Waals surface area contributed by atoms with E-state index in [9.17, 15) is 5.11 Å². The van der Waals surface area contributed by atoms with Crippen molar-refractivity contribution < 1.29 is 9.52 Å². The molecule has 0 spiro atoms. The summed E-state index contributed by atoms with van der Waals surface area (Å²) in [5.74, 6) is 0.428. The largest absolute Gasteiger partial charge is 0.507 e. The van der Waals surface area contributed by atoms with Crippen molar-refractivity contribution in [2.24, 2.45) is 0 Å². The van der Waals surface area contributed by atoms with E-state index in [1.54, 1.807) is 6.26 Å². The van der Waals surface area contributed by atoms with Crippen molar-refractivity contribution in [2.45, 2.75) is 39.5 Å². The number of phenolic OH excluding ortho intramolecular Hbond substituents is 1. The van der Waals surface area contributed by atoms with Crippen molar-refractivity contribution in [1.82, 2.24) is 0 Å². The number of aryl methyl sites for hydroxylation is 4. The molecule has 2 aromatic rings. The zero-order chi connectivity index (χ0) is 13.0. The number of hydrogen-bond acceptors (Lipinski definition) is 2. The summed E-state index contributed by atoms with van der Waals surface area (Å²) < 4.78 is 5.05. The minimum atomic E-state index is 0.428. The number of benzene rings is 1. The Morgan fingerprint density at radius 3 is 2.17 bits per heavy atom. The molecular formula is C16H20O2. The van der Waals surface area contributed by atoms with Gasteiger partial charge in [-0.15, -0.1) is 0 Å². The number of unbranched alkanes of at least 4 members (excludes halogenated alkanes) is 1. The summed E-state index contributed by atoms with van der Waals surface area (Å²) in [6.45, 7) is 3.91. The van der Waals surface area contributed by atoms with Gasteiger partial charge < -0.3 is 9.52 Å². The van der Waals surface area contributed by atoms with Gasteiger partial charge in [0.2, 0.25) is 0 Å². The van der Waals surface area contributed by atoms with Gasteiger partial charge in [-0.1, -0.05) is 12.1 Å². The number of hydrogen-bond donors (Lipinski definition) is 1. The van der Waals surface area contributed by atoms with Crippen LogP contribution in [0.2, 0.25) is 0 Å². The third kappa shape index (κ3) is 3.16. The summed E-state index contributed by atoms with van der Waals surface area (Å²) in [5.41, 5.74) is 4.53. The van der Waals surface area contributed by atoms with Crippen LogP contribution in [0.25, 0.3) is 0 Å². The maximum atomic E-state index is 9.72. The predicted molar refractivity (Wildman–Crippen MR) is 72.9 cm³/mol. The Hall–Kier alpha value is -1.70. The Bertz CT molecular complexity index is 475. The van der Waals surface area contributed by atoms with E-state index in [0.29, 0.717) is 5.75 Å². The first-order valence-electron chi connectivity index (χ1n) is 6.47. The Morgan fingerprint density at radius 2 is 1.61 bits per heavy atom. The first-order chi connectivity index (χ1) is 8.66.